The molecule has 1 aliphatic rings. The third kappa shape index (κ3) is 3.47. The lowest BCUT2D eigenvalue weighted by atomic mass is 9.92. The molecule has 0 fully saturated rings. The fourth-order valence-corrected chi connectivity index (χ4v) is 2.48. The Labute approximate surface area is 131 Å². The lowest BCUT2D eigenvalue weighted by Crippen LogP contribution is -2.29. The summed E-state index contributed by atoms with van der Waals surface area (Å²) in [6.07, 6.45) is -1.26. The average molecular weight is 321 g/mol. The Morgan fingerprint density at radius 2 is 1.91 bits per heavy atom. The maximum absolute atomic E-state index is 12.4. The van der Waals surface area contributed by atoms with E-state index >= 15 is 0 Å². The first-order chi connectivity index (χ1) is 10.7. The van der Waals surface area contributed by atoms with Gasteiger partial charge in [-0.25, -0.2) is 0 Å². The molecule has 2 aromatic rings. The van der Waals surface area contributed by atoms with E-state index in [2.05, 4.69) is 9.72 Å². The predicted molar refractivity (Wildman–Crippen MR) is 79.1 cm³/mol. The minimum Gasteiger partial charge on any atom is -0.483 e. The van der Waals surface area contributed by atoms with Crippen LogP contribution in [-0.4, -0.2) is 16.9 Å². The summed E-state index contributed by atoms with van der Waals surface area (Å²) in [5, 5.41) is 0. The van der Waals surface area contributed by atoms with Crippen molar-refractivity contribution in [3.8, 4) is 11.5 Å². The Bertz CT molecular complexity index is 752. The monoisotopic (exact) mass is 321 g/mol. The first-order valence-corrected chi connectivity index (χ1v) is 6.97. The fourth-order valence-electron chi connectivity index (χ4n) is 2.48. The van der Waals surface area contributed by atoms with Crippen LogP contribution in [0, 0.1) is 0 Å². The number of nitrogens with zero attached hydrogens (tertiary/aromatic N) is 1. The van der Waals surface area contributed by atoms with Crippen molar-refractivity contribution in [2.45, 2.75) is 25.8 Å². The molecule has 0 unspecified atom stereocenters. The van der Waals surface area contributed by atoms with Crippen molar-refractivity contribution in [3.63, 3.8) is 0 Å². The van der Waals surface area contributed by atoms with Gasteiger partial charge in [0.2, 0.25) is 0 Å². The Morgan fingerprint density at radius 3 is 2.57 bits per heavy atom. The van der Waals surface area contributed by atoms with Crippen LogP contribution in [-0.2, 0) is 0 Å². The lowest BCUT2D eigenvalue weighted by molar-refractivity contribution is -0.274. The summed E-state index contributed by atoms with van der Waals surface area (Å²) in [5.74, 6) is 0.203. The van der Waals surface area contributed by atoms with E-state index in [1.165, 1.54) is 18.2 Å². The van der Waals surface area contributed by atoms with E-state index in [1.54, 1.807) is 18.3 Å². The number of pyridine rings is 1. The normalized spacial score (nSPS) is 16.1. The molecule has 2 heterocycles. The second kappa shape index (κ2) is 5.30. The Balaban J connectivity index is 2.10. The number of ether oxygens (including phenoxy) is 2. The molecule has 1 aromatic heterocycles. The Hall–Kier alpha value is -2.50. The zero-order chi connectivity index (χ0) is 16.7. The van der Waals surface area contributed by atoms with Gasteiger partial charge in [0, 0.05) is 17.3 Å². The van der Waals surface area contributed by atoms with Crippen molar-refractivity contribution in [1.29, 1.82) is 0 Å². The summed E-state index contributed by atoms with van der Waals surface area (Å²) in [6.45, 7) is 3.75. The molecule has 0 amide bonds. The van der Waals surface area contributed by atoms with Crippen molar-refractivity contribution in [2.24, 2.45) is 0 Å². The van der Waals surface area contributed by atoms with Gasteiger partial charge in [-0.3, -0.25) is 4.98 Å². The summed E-state index contributed by atoms with van der Waals surface area (Å²) in [7, 11) is 0. The Morgan fingerprint density at radius 1 is 1.13 bits per heavy atom. The van der Waals surface area contributed by atoms with Crippen LogP contribution in [0.3, 0.4) is 0 Å². The molecule has 1 aromatic carbocycles. The van der Waals surface area contributed by atoms with Crippen LogP contribution in [0.4, 0.5) is 13.2 Å². The van der Waals surface area contributed by atoms with E-state index in [0.29, 0.717) is 22.6 Å². The highest BCUT2D eigenvalue weighted by Gasteiger charge is 2.33. The largest absolute Gasteiger partial charge is 0.573 e. The zero-order valence-electron chi connectivity index (χ0n) is 12.5. The molecule has 0 bridgehead atoms. The molecule has 6 heteroatoms. The lowest BCUT2D eigenvalue weighted by Gasteiger charge is -2.31. The highest BCUT2D eigenvalue weighted by molar-refractivity contribution is 5.83. The average Bonchev–Trinajstić information content (AvgIpc) is 2.45. The van der Waals surface area contributed by atoms with Crippen LogP contribution in [0.1, 0.15) is 25.1 Å². The van der Waals surface area contributed by atoms with Crippen LogP contribution in [0.2, 0.25) is 0 Å². The van der Waals surface area contributed by atoms with E-state index in [0.717, 1.165) is 0 Å². The van der Waals surface area contributed by atoms with Crippen LogP contribution in [0.5, 0.6) is 11.5 Å². The van der Waals surface area contributed by atoms with E-state index in [4.69, 9.17) is 4.74 Å². The number of halogens is 3. The number of fused-ring (bicyclic) bond motifs is 1. The first kappa shape index (κ1) is 15.4. The third-order valence-electron chi connectivity index (χ3n) is 3.28. The van der Waals surface area contributed by atoms with Gasteiger partial charge in [0.05, 0.1) is 5.69 Å². The van der Waals surface area contributed by atoms with Crippen molar-refractivity contribution >= 4 is 5.57 Å². The summed E-state index contributed by atoms with van der Waals surface area (Å²) in [4.78, 5) is 4.28. The van der Waals surface area contributed by atoms with Gasteiger partial charge in [-0.05, 0) is 50.3 Å². The molecule has 0 N–H and O–H groups in total. The van der Waals surface area contributed by atoms with Gasteiger partial charge in [0.25, 0.3) is 0 Å². The van der Waals surface area contributed by atoms with Gasteiger partial charge in [-0.15, -0.1) is 13.2 Å². The second-order valence-corrected chi connectivity index (χ2v) is 5.68. The molecule has 120 valence electrons. The van der Waals surface area contributed by atoms with E-state index < -0.39 is 12.0 Å². The summed E-state index contributed by atoms with van der Waals surface area (Å²) in [5.41, 5.74) is 1.30. The number of hydrogen-bond donors (Lipinski definition) is 0. The van der Waals surface area contributed by atoms with Crippen molar-refractivity contribution in [1.82, 2.24) is 4.98 Å². The topological polar surface area (TPSA) is 31.4 Å². The predicted octanol–water partition coefficient (Wildman–Crippen LogP) is 4.58. The van der Waals surface area contributed by atoms with Gasteiger partial charge in [-0.2, -0.15) is 0 Å². The van der Waals surface area contributed by atoms with E-state index in [9.17, 15) is 13.2 Å². The standard InChI is InChI=1S/C17H14F3NO2/c1-16(2)10-13(14-5-3-4-8-21-14)12-9-11(22-17(18,19)20)6-7-15(12)23-16/h3-10H,1-2H3. The highest BCUT2D eigenvalue weighted by Crippen LogP contribution is 2.41. The number of aromatic nitrogens is 1. The minimum absolute atomic E-state index is 0.290. The SMILES string of the molecule is CC1(C)C=C(c2ccccn2)c2cc(OC(F)(F)F)ccc2O1. The molecule has 3 rings (SSSR count). The van der Waals surface area contributed by atoms with Crippen molar-refractivity contribution in [3.05, 3.63) is 59.9 Å². The van der Waals surface area contributed by atoms with Gasteiger partial charge >= 0.3 is 6.36 Å². The maximum Gasteiger partial charge on any atom is 0.573 e. The van der Waals surface area contributed by atoms with E-state index in [1.807, 2.05) is 26.0 Å². The molecule has 0 radical (unpaired) electrons. The third-order valence-corrected chi connectivity index (χ3v) is 3.28. The molecular weight excluding hydrogens is 307 g/mol. The molecule has 3 nitrogen and oxygen atoms in total. The van der Waals surface area contributed by atoms with Crippen LogP contribution < -0.4 is 9.47 Å². The molecular formula is C17H14F3NO2. The van der Waals surface area contributed by atoms with Gasteiger partial charge in [-0.1, -0.05) is 6.07 Å². The maximum atomic E-state index is 12.4. The molecule has 23 heavy (non-hydrogen) atoms. The highest BCUT2D eigenvalue weighted by atomic mass is 19.4. The second-order valence-electron chi connectivity index (χ2n) is 5.68. The number of alkyl halides is 3. The van der Waals surface area contributed by atoms with Gasteiger partial charge in [0.1, 0.15) is 17.1 Å². The Kier molecular flexibility index (Phi) is 3.55. The van der Waals surface area contributed by atoms with E-state index in [-0.39, 0.29) is 5.75 Å². The zero-order valence-corrected chi connectivity index (χ0v) is 12.5. The smallest absolute Gasteiger partial charge is 0.483 e. The van der Waals surface area contributed by atoms with Crippen molar-refractivity contribution in [2.75, 3.05) is 0 Å². The molecule has 0 saturated carbocycles. The van der Waals surface area contributed by atoms with Crippen LogP contribution >= 0.6 is 0 Å². The quantitative estimate of drug-likeness (QED) is 0.811. The molecule has 0 atom stereocenters. The van der Waals surface area contributed by atoms with Gasteiger partial charge < -0.3 is 9.47 Å². The molecule has 0 saturated heterocycles. The number of rotatable bonds is 2. The number of benzene rings is 1. The fraction of sp³-hybridized carbons (Fsp3) is 0.235. The summed E-state index contributed by atoms with van der Waals surface area (Å²) < 4.78 is 47.1. The van der Waals surface area contributed by atoms with Crippen molar-refractivity contribution < 1.29 is 22.6 Å². The number of hydrogen-bond acceptors (Lipinski definition) is 3. The minimum atomic E-state index is -4.74. The summed E-state index contributed by atoms with van der Waals surface area (Å²) >= 11 is 0. The molecule has 0 spiro atoms. The van der Waals surface area contributed by atoms with Crippen LogP contribution in [0.25, 0.3) is 5.57 Å². The first-order valence-electron chi connectivity index (χ1n) is 6.97. The summed E-state index contributed by atoms with van der Waals surface area (Å²) in [6, 6.07) is 9.44. The molecule has 0 aliphatic carbocycles. The van der Waals surface area contributed by atoms with Gasteiger partial charge in [0.15, 0.2) is 0 Å². The molecule has 1 aliphatic heterocycles. The van der Waals surface area contributed by atoms with Crippen LogP contribution in [0.15, 0.2) is 48.7 Å².